The van der Waals surface area contributed by atoms with E-state index >= 15 is 0 Å². The molecule has 1 aromatic rings. The first-order chi connectivity index (χ1) is 12.8. The summed E-state index contributed by atoms with van der Waals surface area (Å²) in [4.78, 5) is 13.9. The number of halogens is 4. The molecule has 3 rings (SSSR count). The van der Waals surface area contributed by atoms with Gasteiger partial charge in [0.1, 0.15) is 11.4 Å². The van der Waals surface area contributed by atoms with E-state index in [1.54, 1.807) is 0 Å². The second-order valence-electron chi connectivity index (χ2n) is 6.08. The molecule has 2 aliphatic heterocycles. The molecule has 146 valence electrons. The normalized spacial score (nSPS) is 22.0. The van der Waals surface area contributed by atoms with Gasteiger partial charge >= 0.3 is 12.5 Å². The van der Waals surface area contributed by atoms with E-state index in [1.807, 2.05) is 0 Å². The first kappa shape index (κ1) is 19.6. The number of rotatable bonds is 6. The van der Waals surface area contributed by atoms with Crippen LogP contribution in [0.4, 0.5) is 17.6 Å². The van der Waals surface area contributed by atoms with Crippen molar-refractivity contribution in [2.24, 2.45) is 0 Å². The maximum Gasteiger partial charge on any atom is 0.461 e. The minimum absolute atomic E-state index is 0.0821. The van der Waals surface area contributed by atoms with Crippen LogP contribution in [0.3, 0.4) is 0 Å². The van der Waals surface area contributed by atoms with Crippen molar-refractivity contribution in [2.45, 2.75) is 31.5 Å². The van der Waals surface area contributed by atoms with Crippen molar-refractivity contribution >= 4 is 29.3 Å². The van der Waals surface area contributed by atoms with Gasteiger partial charge in [0.2, 0.25) is 0 Å². The van der Waals surface area contributed by atoms with Gasteiger partial charge in [-0.2, -0.15) is 17.6 Å². The molecule has 2 aliphatic rings. The molecular formula is C17H16F4N2O3S. The van der Waals surface area contributed by atoms with E-state index in [1.165, 1.54) is 23.1 Å². The quantitative estimate of drug-likeness (QED) is 0.449. The lowest BCUT2D eigenvalue weighted by molar-refractivity contribution is -0.253. The fourth-order valence-electron chi connectivity index (χ4n) is 2.77. The molecule has 5 nitrogen and oxygen atoms in total. The molecule has 2 heterocycles. The zero-order chi connectivity index (χ0) is 19.6. The highest BCUT2D eigenvalue weighted by Gasteiger charge is 2.44. The molecule has 0 aliphatic carbocycles. The van der Waals surface area contributed by atoms with Crippen molar-refractivity contribution in [1.29, 1.82) is 0 Å². The van der Waals surface area contributed by atoms with E-state index in [-0.39, 0.29) is 22.8 Å². The van der Waals surface area contributed by atoms with Crippen LogP contribution in [0.25, 0.3) is 6.08 Å². The Kier molecular flexibility index (Phi) is 5.66. The van der Waals surface area contributed by atoms with Crippen LogP contribution in [0.15, 0.2) is 30.0 Å². The summed E-state index contributed by atoms with van der Waals surface area (Å²) in [5, 5.41) is 2.99. The second-order valence-corrected chi connectivity index (χ2v) is 6.46. The predicted octanol–water partition coefficient (Wildman–Crippen LogP) is 3.16. The van der Waals surface area contributed by atoms with Gasteiger partial charge in [-0.3, -0.25) is 9.69 Å². The lowest BCUT2D eigenvalue weighted by Gasteiger charge is -2.18. The lowest BCUT2D eigenvalue weighted by atomic mass is 10.1. The molecule has 1 amide bonds. The van der Waals surface area contributed by atoms with Crippen molar-refractivity contribution in [2.75, 3.05) is 13.2 Å². The van der Waals surface area contributed by atoms with Crippen LogP contribution >= 0.6 is 12.2 Å². The van der Waals surface area contributed by atoms with Gasteiger partial charge in [-0.05, 0) is 48.8 Å². The summed E-state index contributed by atoms with van der Waals surface area (Å²) in [6.45, 7) is 0.970. The fourth-order valence-corrected chi connectivity index (χ4v) is 3.03. The van der Waals surface area contributed by atoms with E-state index < -0.39 is 18.3 Å². The number of carbonyl (C=O) groups excluding carboxylic acids is 1. The van der Waals surface area contributed by atoms with Crippen LogP contribution in [0.2, 0.25) is 0 Å². The zero-order valence-electron chi connectivity index (χ0n) is 14.0. The molecule has 1 aromatic carbocycles. The standard InChI is InChI=1S/C17H16F4N2O3S/c18-15(19)17(20,21)26-11-4-1-3-10(7-11)8-13-14(24)23(16(27)22-13)9-12-5-2-6-25-12/h1,3-4,7-8,12,15H,2,5-6,9H2,(H,22,27)/b13-8+. The van der Waals surface area contributed by atoms with Crippen LogP contribution < -0.4 is 10.1 Å². The molecule has 1 N–H and O–H groups in total. The molecule has 0 aromatic heterocycles. The maximum absolute atomic E-state index is 13.0. The Balaban J connectivity index is 1.73. The average Bonchev–Trinajstić information content (AvgIpc) is 3.19. The number of amides is 1. The smallest absolute Gasteiger partial charge is 0.428 e. The lowest BCUT2D eigenvalue weighted by Crippen LogP contribution is -2.37. The van der Waals surface area contributed by atoms with Crippen molar-refractivity contribution in [3.8, 4) is 5.75 Å². The molecular weight excluding hydrogens is 388 g/mol. The van der Waals surface area contributed by atoms with E-state index in [0.717, 1.165) is 25.0 Å². The largest absolute Gasteiger partial charge is 0.461 e. The summed E-state index contributed by atoms with van der Waals surface area (Å²) < 4.78 is 60.1. The molecule has 0 spiro atoms. The summed E-state index contributed by atoms with van der Waals surface area (Å²) in [6, 6.07) is 5.12. The Morgan fingerprint density at radius 1 is 1.44 bits per heavy atom. The van der Waals surface area contributed by atoms with Crippen LogP contribution in [-0.4, -0.2) is 47.7 Å². The van der Waals surface area contributed by atoms with Crippen molar-refractivity contribution in [3.63, 3.8) is 0 Å². The maximum atomic E-state index is 13.0. The van der Waals surface area contributed by atoms with Crippen molar-refractivity contribution < 1.29 is 31.8 Å². The van der Waals surface area contributed by atoms with Crippen molar-refractivity contribution in [3.05, 3.63) is 35.5 Å². The third-order valence-electron chi connectivity index (χ3n) is 4.05. The number of ether oxygens (including phenoxy) is 2. The summed E-state index contributed by atoms with van der Waals surface area (Å²) in [7, 11) is 0. The minimum atomic E-state index is -4.60. The van der Waals surface area contributed by atoms with Gasteiger partial charge in [-0.1, -0.05) is 12.1 Å². The number of hydrogen-bond donors (Lipinski definition) is 1. The van der Waals surface area contributed by atoms with E-state index in [9.17, 15) is 22.4 Å². The van der Waals surface area contributed by atoms with Gasteiger partial charge in [0.25, 0.3) is 5.91 Å². The molecule has 1 atom stereocenters. The highest BCUT2D eigenvalue weighted by molar-refractivity contribution is 7.80. The SMILES string of the molecule is O=C1/C(=C\c2cccc(OC(F)(F)C(F)F)c2)NC(=S)N1CC1CCCO1. The Bertz CT molecular complexity index is 766. The number of nitrogens with zero attached hydrogens (tertiary/aromatic N) is 1. The van der Waals surface area contributed by atoms with Gasteiger partial charge in [0.15, 0.2) is 5.11 Å². The van der Waals surface area contributed by atoms with Crippen LogP contribution in [-0.2, 0) is 9.53 Å². The molecule has 1 unspecified atom stereocenters. The molecule has 0 bridgehead atoms. The van der Waals surface area contributed by atoms with Gasteiger partial charge in [-0.15, -0.1) is 0 Å². The Labute approximate surface area is 157 Å². The second kappa shape index (κ2) is 7.81. The third kappa shape index (κ3) is 4.56. The van der Waals surface area contributed by atoms with Gasteiger partial charge < -0.3 is 14.8 Å². The first-order valence-electron chi connectivity index (χ1n) is 8.17. The Morgan fingerprint density at radius 3 is 2.89 bits per heavy atom. The van der Waals surface area contributed by atoms with Gasteiger partial charge in [0, 0.05) is 6.61 Å². The number of thiocarbonyl (C=S) groups is 1. The van der Waals surface area contributed by atoms with E-state index in [0.29, 0.717) is 18.7 Å². The number of hydrogen-bond acceptors (Lipinski definition) is 4. The van der Waals surface area contributed by atoms with Gasteiger partial charge in [0.05, 0.1) is 12.6 Å². The first-order valence-corrected chi connectivity index (χ1v) is 8.58. The molecule has 2 saturated heterocycles. The number of alkyl halides is 4. The summed E-state index contributed by atoms with van der Waals surface area (Å²) in [5.41, 5.74) is 0.464. The number of carbonyl (C=O) groups is 1. The predicted molar refractivity (Wildman–Crippen MR) is 92.4 cm³/mol. The van der Waals surface area contributed by atoms with Crippen molar-refractivity contribution in [1.82, 2.24) is 10.2 Å². The molecule has 10 heteroatoms. The van der Waals surface area contributed by atoms with Gasteiger partial charge in [-0.25, -0.2) is 0 Å². The molecule has 27 heavy (non-hydrogen) atoms. The number of nitrogens with one attached hydrogen (secondary N) is 1. The minimum Gasteiger partial charge on any atom is -0.428 e. The topological polar surface area (TPSA) is 50.8 Å². The summed E-state index contributed by atoms with van der Waals surface area (Å²) in [6.07, 6.45) is -5.50. The van der Waals surface area contributed by atoms with E-state index in [2.05, 4.69) is 10.1 Å². The molecule has 0 radical (unpaired) electrons. The molecule has 2 fully saturated rings. The Hall–Kier alpha value is -2.20. The van der Waals surface area contributed by atoms with Crippen LogP contribution in [0, 0.1) is 0 Å². The monoisotopic (exact) mass is 404 g/mol. The fraction of sp³-hybridized carbons (Fsp3) is 0.412. The average molecular weight is 404 g/mol. The van der Waals surface area contributed by atoms with Crippen LogP contribution in [0.1, 0.15) is 18.4 Å². The summed E-state index contributed by atoms with van der Waals surface area (Å²) >= 11 is 5.16. The highest BCUT2D eigenvalue weighted by atomic mass is 32.1. The molecule has 0 saturated carbocycles. The zero-order valence-corrected chi connectivity index (χ0v) is 14.8. The summed E-state index contributed by atoms with van der Waals surface area (Å²) in [5.74, 6) is -0.821. The third-order valence-corrected chi connectivity index (χ3v) is 4.37. The van der Waals surface area contributed by atoms with E-state index in [4.69, 9.17) is 17.0 Å². The Morgan fingerprint density at radius 2 is 2.22 bits per heavy atom. The highest BCUT2D eigenvalue weighted by Crippen LogP contribution is 2.28. The van der Waals surface area contributed by atoms with Crippen LogP contribution in [0.5, 0.6) is 5.75 Å². The number of benzene rings is 1.